The summed E-state index contributed by atoms with van der Waals surface area (Å²) in [6.07, 6.45) is 4.45. The van der Waals surface area contributed by atoms with Crippen LogP contribution >= 0.6 is 23.1 Å². The van der Waals surface area contributed by atoms with Crippen LogP contribution in [0.15, 0.2) is 34.3 Å². The summed E-state index contributed by atoms with van der Waals surface area (Å²) in [4.78, 5) is 60.3. The van der Waals surface area contributed by atoms with Crippen molar-refractivity contribution in [3.63, 3.8) is 0 Å². The molecule has 2 bridgehead atoms. The number of nitrogens with zero attached hydrogens (tertiary/aromatic N) is 2. The third-order valence-corrected chi connectivity index (χ3v) is 10.3. The maximum atomic E-state index is 13.4. The molecule has 10 heteroatoms. The fourth-order valence-electron chi connectivity index (χ4n) is 6.67. The van der Waals surface area contributed by atoms with Crippen LogP contribution < -0.4 is 4.87 Å². The van der Waals surface area contributed by atoms with Crippen LogP contribution in [0.5, 0.6) is 0 Å². The monoisotopic (exact) mass is 485 g/mol. The molecule has 1 N–H and O–H groups in total. The minimum absolute atomic E-state index is 0.0173. The molecule has 3 fully saturated rings. The van der Waals surface area contributed by atoms with Gasteiger partial charge in [0.15, 0.2) is 0 Å². The molecule has 2 aromatic rings. The summed E-state index contributed by atoms with van der Waals surface area (Å²) in [6.45, 7) is 2.09. The van der Waals surface area contributed by atoms with Gasteiger partial charge in [-0.3, -0.25) is 29.1 Å². The molecular formula is C23H23N3O5S2. The molecule has 7 atom stereocenters. The average Bonchev–Trinajstić information content (AvgIpc) is 3.52. The third kappa shape index (κ3) is 3.06. The first kappa shape index (κ1) is 21.1. The number of carbonyl (C=O) groups excluding carboxylic acids is 3. The van der Waals surface area contributed by atoms with Crippen molar-refractivity contribution in [2.45, 2.75) is 36.0 Å². The molecule has 0 radical (unpaired) electrons. The van der Waals surface area contributed by atoms with Gasteiger partial charge in [0.2, 0.25) is 11.8 Å². The second-order valence-electron chi connectivity index (χ2n) is 9.13. The van der Waals surface area contributed by atoms with Gasteiger partial charge in [0.1, 0.15) is 0 Å². The van der Waals surface area contributed by atoms with Gasteiger partial charge < -0.3 is 9.72 Å². The number of thioether (sulfide) groups is 1. The van der Waals surface area contributed by atoms with E-state index in [1.54, 1.807) is 24.9 Å². The molecule has 2 aromatic heterocycles. The lowest BCUT2D eigenvalue weighted by atomic mass is 9.68. The van der Waals surface area contributed by atoms with Crippen LogP contribution in [0.3, 0.4) is 0 Å². The topological polar surface area (TPSA) is 109 Å². The Morgan fingerprint density at radius 3 is 2.76 bits per heavy atom. The number of likely N-dealkylation sites (tertiary alicyclic amines) is 1. The number of thiazole rings is 1. The quantitative estimate of drug-likeness (QED) is 0.511. The fourth-order valence-corrected chi connectivity index (χ4v) is 9.56. The van der Waals surface area contributed by atoms with Gasteiger partial charge in [0.05, 0.1) is 29.9 Å². The van der Waals surface area contributed by atoms with Crippen LogP contribution in [0.2, 0.25) is 0 Å². The van der Waals surface area contributed by atoms with E-state index >= 15 is 0 Å². The molecule has 2 amide bonds. The van der Waals surface area contributed by atoms with Gasteiger partial charge in [-0.05, 0) is 42.7 Å². The van der Waals surface area contributed by atoms with Crippen LogP contribution in [0.4, 0.5) is 0 Å². The van der Waals surface area contributed by atoms with Gasteiger partial charge in [-0.1, -0.05) is 17.4 Å². The SMILES string of the molecule is CCOC(=O)CCN1C(=O)[C@@H]2[C@H]3C[C@@H]([C@@H]2C1=O)[C@@H]1[C@@H](c2cccnc2)c2sc(=O)[nH]c2S[C@H]31. The number of ether oxygens (including phenoxy) is 1. The minimum atomic E-state index is -0.396. The van der Waals surface area contributed by atoms with Gasteiger partial charge in [0, 0.05) is 35.0 Å². The number of fused-ring (bicyclic) bond motifs is 9. The van der Waals surface area contributed by atoms with E-state index in [1.165, 1.54) is 16.2 Å². The number of rotatable bonds is 5. The summed E-state index contributed by atoms with van der Waals surface area (Å²) in [5.74, 6) is -1.09. The number of amides is 2. The lowest BCUT2D eigenvalue weighted by Crippen LogP contribution is -2.42. The zero-order valence-electron chi connectivity index (χ0n) is 17.9. The summed E-state index contributed by atoms with van der Waals surface area (Å²) >= 11 is 2.91. The van der Waals surface area contributed by atoms with E-state index < -0.39 is 5.97 Å². The smallest absolute Gasteiger partial charge is 0.307 e. The zero-order valence-corrected chi connectivity index (χ0v) is 19.6. The van der Waals surface area contributed by atoms with Crippen molar-refractivity contribution in [3.05, 3.63) is 44.6 Å². The maximum Gasteiger partial charge on any atom is 0.307 e. The van der Waals surface area contributed by atoms with Crippen LogP contribution in [-0.2, 0) is 19.1 Å². The highest BCUT2D eigenvalue weighted by Gasteiger charge is 2.69. The van der Waals surface area contributed by atoms with Gasteiger partial charge in [-0.25, -0.2) is 0 Å². The maximum absolute atomic E-state index is 13.4. The second kappa shape index (κ2) is 7.80. The van der Waals surface area contributed by atoms with Crippen LogP contribution in [0.1, 0.15) is 36.1 Å². The van der Waals surface area contributed by atoms with Gasteiger partial charge >= 0.3 is 10.8 Å². The molecule has 172 valence electrons. The van der Waals surface area contributed by atoms with Crippen molar-refractivity contribution >= 4 is 40.9 Å². The van der Waals surface area contributed by atoms with E-state index in [4.69, 9.17) is 4.74 Å². The van der Waals surface area contributed by atoms with Crippen molar-refractivity contribution in [2.24, 2.45) is 29.6 Å². The number of H-pyrrole nitrogens is 1. The molecule has 4 heterocycles. The Labute approximate surface area is 198 Å². The Kier molecular flexibility index (Phi) is 4.99. The van der Waals surface area contributed by atoms with E-state index in [-0.39, 0.29) is 77.0 Å². The van der Waals surface area contributed by atoms with Gasteiger partial charge in [-0.2, -0.15) is 0 Å². The highest BCUT2D eigenvalue weighted by Crippen LogP contribution is 2.68. The first-order valence-corrected chi connectivity index (χ1v) is 13.0. The zero-order chi connectivity index (χ0) is 22.9. The number of nitrogens with one attached hydrogen (secondary N) is 1. The Bertz CT molecular complexity index is 1190. The first-order valence-electron chi connectivity index (χ1n) is 11.3. The average molecular weight is 486 g/mol. The van der Waals surface area contributed by atoms with Crippen molar-refractivity contribution in [2.75, 3.05) is 13.2 Å². The second-order valence-corrected chi connectivity index (χ2v) is 11.3. The molecule has 33 heavy (non-hydrogen) atoms. The molecule has 2 aliphatic heterocycles. The van der Waals surface area contributed by atoms with Gasteiger partial charge in [-0.15, -0.1) is 11.8 Å². The molecule has 6 rings (SSSR count). The lowest BCUT2D eigenvalue weighted by molar-refractivity contribution is -0.145. The molecule has 1 saturated heterocycles. The Morgan fingerprint density at radius 2 is 2.03 bits per heavy atom. The van der Waals surface area contributed by atoms with E-state index in [2.05, 4.69) is 9.97 Å². The highest BCUT2D eigenvalue weighted by molar-refractivity contribution is 8.00. The fraction of sp³-hybridized carbons (Fsp3) is 0.522. The van der Waals surface area contributed by atoms with Crippen molar-refractivity contribution in [3.8, 4) is 0 Å². The first-order chi connectivity index (χ1) is 16.0. The lowest BCUT2D eigenvalue weighted by Gasteiger charge is -2.42. The number of imide groups is 1. The van der Waals surface area contributed by atoms with Crippen LogP contribution in [-0.4, -0.2) is 51.1 Å². The largest absolute Gasteiger partial charge is 0.466 e. The van der Waals surface area contributed by atoms with E-state index in [0.29, 0.717) is 0 Å². The molecule has 2 aliphatic carbocycles. The van der Waals surface area contributed by atoms with Gasteiger partial charge in [0.25, 0.3) is 0 Å². The number of aromatic amines is 1. The minimum Gasteiger partial charge on any atom is -0.466 e. The molecule has 0 unspecified atom stereocenters. The number of pyridine rings is 1. The number of aromatic nitrogens is 2. The van der Waals surface area contributed by atoms with E-state index in [9.17, 15) is 19.2 Å². The number of hydrogen-bond acceptors (Lipinski definition) is 8. The highest BCUT2D eigenvalue weighted by atomic mass is 32.2. The predicted molar refractivity (Wildman–Crippen MR) is 121 cm³/mol. The van der Waals surface area contributed by atoms with Crippen LogP contribution in [0.25, 0.3) is 0 Å². The van der Waals surface area contributed by atoms with Crippen molar-refractivity contribution < 1.29 is 19.1 Å². The molecular weight excluding hydrogens is 462 g/mol. The summed E-state index contributed by atoms with van der Waals surface area (Å²) in [6, 6.07) is 3.94. The third-order valence-electron chi connectivity index (χ3n) is 7.70. The summed E-state index contributed by atoms with van der Waals surface area (Å²) in [7, 11) is 0. The summed E-state index contributed by atoms with van der Waals surface area (Å²) in [5.41, 5.74) is 1.05. The molecule has 4 aliphatic rings. The Balaban J connectivity index is 1.34. The molecule has 8 nitrogen and oxygen atoms in total. The summed E-state index contributed by atoms with van der Waals surface area (Å²) < 4.78 is 4.97. The molecule has 0 aromatic carbocycles. The number of carbonyl (C=O) groups is 3. The molecule has 2 saturated carbocycles. The number of esters is 1. The Hall–Kier alpha value is -2.46. The van der Waals surface area contributed by atoms with Crippen molar-refractivity contribution in [1.82, 2.24) is 14.9 Å². The normalized spacial score (nSPS) is 33.7. The Morgan fingerprint density at radius 1 is 1.24 bits per heavy atom. The molecule has 0 spiro atoms. The van der Waals surface area contributed by atoms with Crippen LogP contribution in [0, 0.1) is 29.6 Å². The number of hydrogen-bond donors (Lipinski definition) is 1. The summed E-state index contributed by atoms with van der Waals surface area (Å²) in [5, 5.41) is 1.04. The standard InChI is InChI=1S/C23H23N3O5S2/c1-2-31-13(27)5-7-26-21(28)16-11-8-12(17(16)22(26)29)18-15(11)14(10-4-3-6-24-9-10)19-20(32-18)25-23(30)33-19/h3-4,6,9,11-12,14-18H,2,5,7-8H2,1H3,(H,25,30)/t11-,12-,14-,15-,16+,17-,18-/m1/s1. The van der Waals surface area contributed by atoms with E-state index in [1.807, 2.05) is 18.3 Å². The van der Waals surface area contributed by atoms with Crippen molar-refractivity contribution in [1.29, 1.82) is 0 Å². The predicted octanol–water partition coefficient (Wildman–Crippen LogP) is 2.26. The van der Waals surface area contributed by atoms with E-state index in [0.717, 1.165) is 21.9 Å².